The number of benzene rings is 1. The van der Waals surface area contributed by atoms with Crippen LogP contribution in [0.3, 0.4) is 0 Å². The fourth-order valence-electron chi connectivity index (χ4n) is 1.23. The third kappa shape index (κ3) is 4.85. The second-order valence-corrected chi connectivity index (χ2v) is 4.48. The number of esters is 1. The summed E-state index contributed by atoms with van der Waals surface area (Å²) < 4.78 is 9.81. The molecule has 1 aromatic carbocycles. The molecule has 0 saturated heterocycles. The van der Waals surface area contributed by atoms with Crippen molar-refractivity contribution in [2.24, 2.45) is 0 Å². The number of aliphatic hydroxyl groups excluding tert-OH is 1. The Kier molecular flexibility index (Phi) is 6.18. The van der Waals surface area contributed by atoms with E-state index in [4.69, 9.17) is 4.74 Å². The minimum absolute atomic E-state index is 0.0694. The van der Waals surface area contributed by atoms with E-state index >= 15 is 0 Å². The summed E-state index contributed by atoms with van der Waals surface area (Å²) in [4.78, 5) is 10.3. The first-order valence-electron chi connectivity index (χ1n) is 5.16. The molecule has 0 amide bonds. The number of ether oxygens (including phenoxy) is 2. The number of rotatable bonds is 6. The highest BCUT2D eigenvalue weighted by atomic mass is 79.9. The van der Waals surface area contributed by atoms with Gasteiger partial charge in [0.1, 0.15) is 10.9 Å². The standard InChI is InChI=1S/C12H15BrO4/c1-16-12(15)11(13)10(14)8-17-7-9-5-3-2-4-6-9/h2-6,10-11,14H,7-8H2,1H3/t10-,11+/m1/s1. The van der Waals surface area contributed by atoms with Gasteiger partial charge in [0.05, 0.1) is 20.3 Å². The number of carbonyl (C=O) groups excluding carboxylic acids is 1. The van der Waals surface area contributed by atoms with Gasteiger partial charge in [-0.25, -0.2) is 0 Å². The summed E-state index contributed by atoms with van der Waals surface area (Å²) in [5, 5.41) is 9.62. The van der Waals surface area contributed by atoms with Crippen LogP contribution in [0.1, 0.15) is 5.56 Å². The molecule has 2 atom stereocenters. The average Bonchev–Trinajstić information content (AvgIpc) is 2.38. The lowest BCUT2D eigenvalue weighted by molar-refractivity contribution is -0.142. The fourth-order valence-corrected chi connectivity index (χ4v) is 1.57. The van der Waals surface area contributed by atoms with E-state index in [-0.39, 0.29) is 6.61 Å². The van der Waals surface area contributed by atoms with Crippen molar-refractivity contribution in [1.29, 1.82) is 0 Å². The van der Waals surface area contributed by atoms with E-state index in [1.807, 2.05) is 30.3 Å². The molecule has 5 heteroatoms. The molecule has 1 N–H and O–H groups in total. The van der Waals surface area contributed by atoms with Crippen molar-refractivity contribution in [1.82, 2.24) is 0 Å². The maximum Gasteiger partial charge on any atom is 0.322 e. The summed E-state index contributed by atoms with van der Waals surface area (Å²) in [6.45, 7) is 0.471. The van der Waals surface area contributed by atoms with Crippen molar-refractivity contribution in [2.45, 2.75) is 17.5 Å². The summed E-state index contributed by atoms with van der Waals surface area (Å²) in [6.07, 6.45) is -0.925. The lowest BCUT2D eigenvalue weighted by atomic mass is 10.2. The van der Waals surface area contributed by atoms with E-state index in [1.54, 1.807) is 0 Å². The molecule has 1 aromatic rings. The van der Waals surface area contributed by atoms with E-state index in [0.29, 0.717) is 6.61 Å². The van der Waals surface area contributed by atoms with Crippen molar-refractivity contribution in [3.63, 3.8) is 0 Å². The van der Waals surface area contributed by atoms with Crippen LogP contribution in [0.25, 0.3) is 0 Å². The third-order valence-electron chi connectivity index (χ3n) is 2.16. The molecule has 4 nitrogen and oxygen atoms in total. The molecule has 0 aliphatic rings. The maximum absolute atomic E-state index is 11.1. The molecule has 0 radical (unpaired) electrons. The van der Waals surface area contributed by atoms with Crippen LogP contribution >= 0.6 is 15.9 Å². The van der Waals surface area contributed by atoms with Gasteiger partial charge < -0.3 is 14.6 Å². The minimum atomic E-state index is -0.925. The molecule has 17 heavy (non-hydrogen) atoms. The van der Waals surface area contributed by atoms with Crippen LogP contribution in [0.4, 0.5) is 0 Å². The highest BCUT2D eigenvalue weighted by molar-refractivity contribution is 9.10. The number of hydrogen-bond acceptors (Lipinski definition) is 4. The molecule has 0 unspecified atom stereocenters. The highest BCUT2D eigenvalue weighted by Crippen LogP contribution is 2.09. The number of methoxy groups -OCH3 is 1. The fraction of sp³-hybridized carbons (Fsp3) is 0.417. The Morgan fingerprint density at radius 2 is 2.06 bits per heavy atom. The Morgan fingerprint density at radius 1 is 1.41 bits per heavy atom. The van der Waals surface area contributed by atoms with Crippen LogP contribution in [0, 0.1) is 0 Å². The molecule has 0 aromatic heterocycles. The predicted molar refractivity (Wildman–Crippen MR) is 66.8 cm³/mol. The van der Waals surface area contributed by atoms with E-state index < -0.39 is 16.9 Å². The summed E-state index contributed by atoms with van der Waals surface area (Å²) in [5.41, 5.74) is 1.02. The van der Waals surface area contributed by atoms with E-state index in [0.717, 1.165) is 5.56 Å². The number of hydrogen-bond donors (Lipinski definition) is 1. The van der Waals surface area contributed by atoms with Gasteiger partial charge in [-0.1, -0.05) is 46.3 Å². The van der Waals surface area contributed by atoms with Gasteiger partial charge in [-0.2, -0.15) is 0 Å². The highest BCUT2D eigenvalue weighted by Gasteiger charge is 2.24. The van der Waals surface area contributed by atoms with E-state index in [9.17, 15) is 9.90 Å². The number of carbonyl (C=O) groups is 1. The van der Waals surface area contributed by atoms with Crippen molar-refractivity contribution in [2.75, 3.05) is 13.7 Å². The Bertz CT molecular complexity index is 342. The van der Waals surface area contributed by atoms with Gasteiger partial charge >= 0.3 is 5.97 Å². The van der Waals surface area contributed by atoms with Crippen LogP contribution in [0.2, 0.25) is 0 Å². The van der Waals surface area contributed by atoms with Gasteiger partial charge in [0, 0.05) is 0 Å². The van der Waals surface area contributed by atoms with Crippen LogP contribution in [0.5, 0.6) is 0 Å². The predicted octanol–water partition coefficient (Wildman–Crippen LogP) is 1.50. The second kappa shape index (κ2) is 7.42. The molecule has 0 spiro atoms. The molecule has 94 valence electrons. The zero-order valence-corrected chi connectivity index (χ0v) is 11.1. The topological polar surface area (TPSA) is 55.8 Å². The van der Waals surface area contributed by atoms with Gasteiger partial charge in [0.2, 0.25) is 0 Å². The number of alkyl halides is 1. The molecule has 0 bridgehead atoms. The Labute approximate surface area is 109 Å². The second-order valence-electron chi connectivity index (χ2n) is 3.49. The smallest absolute Gasteiger partial charge is 0.322 e. The van der Waals surface area contributed by atoms with Crippen molar-refractivity contribution in [3.8, 4) is 0 Å². The molecule has 0 saturated carbocycles. The number of aliphatic hydroxyl groups is 1. The third-order valence-corrected chi connectivity index (χ3v) is 3.15. The molecule has 0 aliphatic carbocycles. The molecular weight excluding hydrogens is 288 g/mol. The van der Waals surface area contributed by atoms with Crippen LogP contribution in [0.15, 0.2) is 30.3 Å². The van der Waals surface area contributed by atoms with E-state index in [2.05, 4.69) is 20.7 Å². The SMILES string of the molecule is COC(=O)[C@@H](Br)[C@H](O)COCc1ccccc1. The van der Waals surface area contributed by atoms with Gasteiger partial charge in [-0.05, 0) is 5.56 Å². The number of halogens is 1. The lowest BCUT2D eigenvalue weighted by Crippen LogP contribution is -2.33. The zero-order valence-electron chi connectivity index (χ0n) is 9.51. The van der Waals surface area contributed by atoms with Crippen molar-refractivity contribution >= 4 is 21.9 Å². The van der Waals surface area contributed by atoms with Gasteiger partial charge in [0.15, 0.2) is 0 Å². The minimum Gasteiger partial charge on any atom is -0.468 e. The van der Waals surface area contributed by atoms with E-state index in [1.165, 1.54) is 7.11 Å². The Balaban J connectivity index is 2.29. The molecule has 0 aliphatic heterocycles. The van der Waals surface area contributed by atoms with Crippen molar-refractivity contribution < 1.29 is 19.4 Å². The maximum atomic E-state index is 11.1. The van der Waals surface area contributed by atoms with Gasteiger partial charge in [0.25, 0.3) is 0 Å². The Morgan fingerprint density at radius 3 is 2.65 bits per heavy atom. The summed E-state index contributed by atoms with van der Waals surface area (Å²) >= 11 is 3.05. The quantitative estimate of drug-likeness (QED) is 0.639. The largest absolute Gasteiger partial charge is 0.468 e. The lowest BCUT2D eigenvalue weighted by Gasteiger charge is -2.15. The van der Waals surface area contributed by atoms with Crippen LogP contribution in [-0.4, -0.2) is 35.7 Å². The summed E-state index contributed by atoms with van der Waals surface area (Å²) in [5.74, 6) is -0.513. The Hall–Kier alpha value is -0.910. The zero-order chi connectivity index (χ0) is 12.7. The first kappa shape index (κ1) is 14.2. The molecule has 0 fully saturated rings. The van der Waals surface area contributed by atoms with Crippen LogP contribution < -0.4 is 0 Å². The van der Waals surface area contributed by atoms with Gasteiger partial charge in [-0.15, -0.1) is 0 Å². The normalized spacial score (nSPS) is 14.1. The monoisotopic (exact) mass is 302 g/mol. The van der Waals surface area contributed by atoms with Gasteiger partial charge in [-0.3, -0.25) is 4.79 Å². The summed E-state index contributed by atoms with van der Waals surface area (Å²) in [7, 11) is 1.27. The first-order valence-corrected chi connectivity index (χ1v) is 6.08. The average molecular weight is 303 g/mol. The van der Waals surface area contributed by atoms with Crippen molar-refractivity contribution in [3.05, 3.63) is 35.9 Å². The van der Waals surface area contributed by atoms with Crippen LogP contribution in [-0.2, 0) is 20.9 Å². The summed E-state index contributed by atoms with van der Waals surface area (Å²) in [6, 6.07) is 9.61. The first-order chi connectivity index (χ1) is 8.15. The molecule has 0 heterocycles. The molecular formula is C12H15BrO4. The molecule has 1 rings (SSSR count).